The molecule has 0 aliphatic heterocycles. The van der Waals surface area contributed by atoms with Gasteiger partial charge in [-0.3, -0.25) is 9.59 Å². The smallest absolute Gasteiger partial charge is 0.408 e. The number of unbranched alkanes of at least 4 members (excludes halogenated alkanes) is 5. The molecule has 0 radical (unpaired) electrons. The fourth-order valence-corrected chi connectivity index (χ4v) is 4.32. The molecule has 0 saturated heterocycles. The molecular weight excluding hydrogens is 526 g/mol. The minimum atomic E-state index is -1.37. The molecule has 0 fully saturated rings. The van der Waals surface area contributed by atoms with Crippen molar-refractivity contribution in [2.75, 3.05) is 25.6 Å². The predicted molar refractivity (Wildman–Crippen MR) is 158 cm³/mol. The molecule has 3 amide bonds. The second kappa shape index (κ2) is 16.5. The van der Waals surface area contributed by atoms with Gasteiger partial charge in [0.1, 0.15) is 29.2 Å². The van der Waals surface area contributed by atoms with E-state index in [9.17, 15) is 24.6 Å². The third kappa shape index (κ3) is 11.0. The number of amides is 3. The van der Waals surface area contributed by atoms with Crippen LogP contribution in [0.15, 0.2) is 48.5 Å². The van der Waals surface area contributed by atoms with Crippen LogP contribution in [0.2, 0.25) is 0 Å². The average molecular weight is 572 g/mol. The quantitative estimate of drug-likeness (QED) is 0.217. The van der Waals surface area contributed by atoms with Gasteiger partial charge in [0.05, 0.1) is 13.7 Å². The topological polar surface area (TPSA) is 137 Å². The number of benzene rings is 2. The van der Waals surface area contributed by atoms with Gasteiger partial charge >= 0.3 is 6.09 Å². The Kier molecular flexibility index (Phi) is 13.4. The minimum absolute atomic E-state index is 0.159. The van der Waals surface area contributed by atoms with Crippen LogP contribution < -0.4 is 15.4 Å². The second-order valence-corrected chi connectivity index (χ2v) is 10.9. The van der Waals surface area contributed by atoms with E-state index in [1.807, 2.05) is 0 Å². The zero-order valence-electron chi connectivity index (χ0n) is 24.8. The number of anilines is 1. The summed E-state index contributed by atoms with van der Waals surface area (Å²) in [6, 6.07) is 10.4. The third-order valence-corrected chi connectivity index (χ3v) is 6.36. The number of carbonyl (C=O) groups is 3. The van der Waals surface area contributed by atoms with Crippen LogP contribution in [-0.2, 0) is 14.3 Å². The molecule has 0 spiro atoms. The van der Waals surface area contributed by atoms with Crippen LogP contribution in [0.25, 0.3) is 0 Å². The maximum atomic E-state index is 13.9. The molecule has 0 saturated carbocycles. The van der Waals surface area contributed by atoms with E-state index >= 15 is 0 Å². The minimum Gasteiger partial charge on any atom is -0.508 e. The zero-order valence-corrected chi connectivity index (χ0v) is 24.8. The molecule has 2 rings (SSSR count). The van der Waals surface area contributed by atoms with Crippen LogP contribution in [0.4, 0.5) is 10.5 Å². The molecule has 2 aromatic carbocycles. The van der Waals surface area contributed by atoms with Crippen molar-refractivity contribution in [1.82, 2.24) is 10.2 Å². The van der Waals surface area contributed by atoms with Gasteiger partial charge in [-0.1, -0.05) is 57.2 Å². The zero-order chi connectivity index (χ0) is 30.4. The first-order chi connectivity index (χ1) is 19.5. The van der Waals surface area contributed by atoms with Gasteiger partial charge in [-0.25, -0.2) is 4.79 Å². The standard InChI is InChI=1S/C31H45N3O7/c1-6-7-8-9-10-13-20-34(29(38)25(21-35)33-30(39)41-31(2,3)4)27(24-14-11-12-15-26(24)36)28(37)32-22-16-18-23(40-5)19-17-22/h11-12,14-19,25,27,35-36H,6-10,13,20-21H2,1-5H3,(H,32,37)(H,33,39). The lowest BCUT2D eigenvalue weighted by molar-refractivity contribution is -0.141. The summed E-state index contributed by atoms with van der Waals surface area (Å²) >= 11 is 0. The van der Waals surface area contributed by atoms with Crippen LogP contribution in [0, 0.1) is 0 Å². The maximum Gasteiger partial charge on any atom is 0.408 e. The second-order valence-electron chi connectivity index (χ2n) is 10.9. The average Bonchev–Trinajstić information content (AvgIpc) is 2.92. The number of nitrogens with one attached hydrogen (secondary N) is 2. The summed E-state index contributed by atoms with van der Waals surface area (Å²) in [5, 5.41) is 26.1. The highest BCUT2D eigenvalue weighted by Crippen LogP contribution is 2.31. The van der Waals surface area contributed by atoms with Crippen LogP contribution in [-0.4, -0.2) is 64.9 Å². The van der Waals surface area contributed by atoms with E-state index in [1.54, 1.807) is 63.2 Å². The number of methoxy groups -OCH3 is 1. The summed E-state index contributed by atoms with van der Waals surface area (Å²) in [4.78, 5) is 41.6. The summed E-state index contributed by atoms with van der Waals surface area (Å²) in [5.74, 6) is -0.794. The Morgan fingerprint density at radius 3 is 2.17 bits per heavy atom. The van der Waals surface area contributed by atoms with Crippen molar-refractivity contribution in [3.8, 4) is 11.5 Å². The molecule has 2 aromatic rings. The largest absolute Gasteiger partial charge is 0.508 e. The van der Waals surface area contributed by atoms with Crippen molar-refractivity contribution in [2.24, 2.45) is 0 Å². The monoisotopic (exact) mass is 571 g/mol. The van der Waals surface area contributed by atoms with Gasteiger partial charge in [0.2, 0.25) is 5.91 Å². The Morgan fingerprint density at radius 2 is 1.59 bits per heavy atom. The molecule has 2 atom stereocenters. The molecule has 41 heavy (non-hydrogen) atoms. The van der Waals surface area contributed by atoms with E-state index in [1.165, 1.54) is 18.1 Å². The van der Waals surface area contributed by atoms with E-state index in [0.29, 0.717) is 17.9 Å². The van der Waals surface area contributed by atoms with E-state index in [-0.39, 0.29) is 17.9 Å². The highest BCUT2D eigenvalue weighted by Gasteiger charge is 2.37. The fourth-order valence-electron chi connectivity index (χ4n) is 4.32. The first-order valence-corrected chi connectivity index (χ1v) is 14.1. The molecule has 0 aliphatic carbocycles. The number of carbonyl (C=O) groups excluding carboxylic acids is 3. The van der Waals surface area contributed by atoms with E-state index in [0.717, 1.165) is 32.1 Å². The van der Waals surface area contributed by atoms with Crippen LogP contribution >= 0.6 is 0 Å². The Morgan fingerprint density at radius 1 is 0.951 bits per heavy atom. The fraction of sp³-hybridized carbons (Fsp3) is 0.516. The molecule has 10 nitrogen and oxygen atoms in total. The summed E-state index contributed by atoms with van der Waals surface area (Å²) in [7, 11) is 1.54. The molecule has 0 bridgehead atoms. The number of ether oxygens (including phenoxy) is 2. The molecule has 4 N–H and O–H groups in total. The number of alkyl carbamates (subject to hydrolysis) is 1. The number of aliphatic hydroxyl groups is 1. The van der Waals surface area contributed by atoms with Crippen molar-refractivity contribution >= 4 is 23.6 Å². The van der Waals surface area contributed by atoms with Crippen molar-refractivity contribution in [3.63, 3.8) is 0 Å². The maximum absolute atomic E-state index is 13.9. The Hall–Kier alpha value is -3.79. The molecular formula is C31H45N3O7. The van der Waals surface area contributed by atoms with Gasteiger partial charge in [-0.05, 0) is 57.5 Å². The molecule has 0 aliphatic rings. The molecule has 10 heteroatoms. The number of aliphatic hydroxyl groups excluding tert-OH is 1. The van der Waals surface area contributed by atoms with Crippen molar-refractivity contribution < 1.29 is 34.1 Å². The molecule has 0 aromatic heterocycles. The summed E-state index contributed by atoms with van der Waals surface area (Å²) < 4.78 is 10.5. The number of aromatic hydroxyl groups is 1. The number of hydrogen-bond acceptors (Lipinski definition) is 7. The van der Waals surface area contributed by atoms with Gasteiger partial charge < -0.3 is 35.2 Å². The van der Waals surface area contributed by atoms with Gasteiger partial charge in [-0.15, -0.1) is 0 Å². The van der Waals surface area contributed by atoms with E-state index in [4.69, 9.17) is 9.47 Å². The first-order valence-electron chi connectivity index (χ1n) is 14.1. The number of phenols is 1. The van der Waals surface area contributed by atoms with Crippen LogP contribution in [0.1, 0.15) is 77.8 Å². The van der Waals surface area contributed by atoms with Crippen molar-refractivity contribution in [1.29, 1.82) is 0 Å². The Balaban J connectivity index is 2.44. The van der Waals surface area contributed by atoms with Gasteiger partial charge in [0, 0.05) is 17.8 Å². The molecule has 2 unspecified atom stereocenters. The molecule has 226 valence electrons. The lowest BCUT2D eigenvalue weighted by Gasteiger charge is -2.34. The molecule has 0 heterocycles. The van der Waals surface area contributed by atoms with Gasteiger partial charge in [0.15, 0.2) is 0 Å². The van der Waals surface area contributed by atoms with Crippen molar-refractivity contribution in [3.05, 3.63) is 54.1 Å². The first kappa shape index (κ1) is 33.4. The Labute approximate surface area is 243 Å². The number of rotatable bonds is 15. The summed E-state index contributed by atoms with van der Waals surface area (Å²) in [6.07, 6.45) is 4.77. The van der Waals surface area contributed by atoms with Gasteiger partial charge in [0.25, 0.3) is 5.91 Å². The number of para-hydroxylation sites is 1. The lowest BCUT2D eigenvalue weighted by Crippen LogP contribution is -2.54. The van der Waals surface area contributed by atoms with Crippen molar-refractivity contribution in [2.45, 2.75) is 83.9 Å². The predicted octanol–water partition coefficient (Wildman–Crippen LogP) is 5.16. The van der Waals surface area contributed by atoms with E-state index < -0.39 is 42.2 Å². The Bertz CT molecular complexity index is 1120. The summed E-state index contributed by atoms with van der Waals surface area (Å²) in [6.45, 7) is 6.64. The number of hydrogen-bond donors (Lipinski definition) is 4. The lowest BCUT2D eigenvalue weighted by atomic mass is 10.0. The SMILES string of the molecule is CCCCCCCCN(C(=O)C(CO)NC(=O)OC(C)(C)C)C(C(=O)Nc1ccc(OC)cc1)c1ccccc1O. The number of phenolic OH excluding ortho intramolecular Hbond substituents is 1. The highest BCUT2D eigenvalue weighted by atomic mass is 16.6. The van der Waals surface area contributed by atoms with E-state index in [2.05, 4.69) is 17.6 Å². The highest BCUT2D eigenvalue weighted by molar-refractivity contribution is 5.99. The third-order valence-electron chi connectivity index (χ3n) is 6.36. The van der Waals surface area contributed by atoms with Crippen LogP contribution in [0.3, 0.4) is 0 Å². The number of nitrogens with zero attached hydrogens (tertiary/aromatic N) is 1. The summed E-state index contributed by atoms with van der Waals surface area (Å²) in [5.41, 5.74) is -0.136. The normalized spacial score (nSPS) is 12.6. The van der Waals surface area contributed by atoms with Crippen LogP contribution in [0.5, 0.6) is 11.5 Å². The van der Waals surface area contributed by atoms with Gasteiger partial charge in [-0.2, -0.15) is 0 Å².